The van der Waals surface area contributed by atoms with Crippen LogP contribution >= 0.6 is 108 Å². The lowest BCUT2D eigenvalue weighted by atomic mass is 10.2. The summed E-state index contributed by atoms with van der Waals surface area (Å²) in [7, 11) is 0. The van der Waals surface area contributed by atoms with Crippen molar-refractivity contribution < 1.29 is 0 Å². The summed E-state index contributed by atoms with van der Waals surface area (Å²) in [4.78, 5) is 4.16. The maximum atomic E-state index is 5.82. The van der Waals surface area contributed by atoms with Gasteiger partial charge in [-0.15, -0.1) is 23.6 Å². The highest BCUT2D eigenvalue weighted by Crippen LogP contribution is 2.45. The fourth-order valence-corrected chi connectivity index (χ4v) is 5.65. The summed E-state index contributed by atoms with van der Waals surface area (Å²) in [6, 6.07) is 0. The minimum atomic E-state index is 0. The molecule has 1 aromatic carbocycles. The Hall–Kier alpha value is 1.66. The van der Waals surface area contributed by atoms with Crippen molar-refractivity contribution >= 4 is 114 Å². The summed E-state index contributed by atoms with van der Waals surface area (Å²) in [6.45, 7) is 4.14. The van der Waals surface area contributed by atoms with E-state index in [2.05, 4.69) is 91.2 Å². The highest BCUT2D eigenvalue weighted by molar-refractivity contribution is 9.15. The lowest BCUT2D eigenvalue weighted by Crippen LogP contribution is -2.07. The molecule has 20 heavy (non-hydrogen) atoms. The molecular formula is C11H10Br6N2S. The lowest BCUT2D eigenvalue weighted by molar-refractivity contribution is 1.25. The number of aliphatic imine (C=N–C) groups is 1. The van der Waals surface area contributed by atoms with Crippen molar-refractivity contribution in [2.75, 3.05) is 6.54 Å². The molecule has 0 amide bonds. The van der Waals surface area contributed by atoms with E-state index in [0.29, 0.717) is 17.5 Å². The summed E-state index contributed by atoms with van der Waals surface area (Å²) < 4.78 is 4.84. The fourth-order valence-electron chi connectivity index (χ4n) is 1.12. The molecule has 0 radical (unpaired) electrons. The van der Waals surface area contributed by atoms with E-state index in [-0.39, 0.29) is 17.0 Å². The number of rotatable bonds is 4. The van der Waals surface area contributed by atoms with Crippen LogP contribution in [0.4, 0.5) is 0 Å². The summed E-state index contributed by atoms with van der Waals surface area (Å²) in [5.74, 6) is 0.706. The van der Waals surface area contributed by atoms with Gasteiger partial charge in [-0.2, -0.15) is 0 Å². The van der Waals surface area contributed by atoms with Crippen LogP contribution < -0.4 is 5.73 Å². The van der Waals surface area contributed by atoms with Gasteiger partial charge in [0.2, 0.25) is 0 Å². The Balaban J connectivity index is 0.00000361. The molecule has 0 fully saturated rings. The highest BCUT2D eigenvalue weighted by atomic mass is 79.9. The summed E-state index contributed by atoms with van der Waals surface area (Å²) in [5, 5.41) is 0.550. The minimum Gasteiger partial charge on any atom is -0.379 e. The van der Waals surface area contributed by atoms with Crippen LogP contribution in [0.25, 0.3) is 0 Å². The van der Waals surface area contributed by atoms with E-state index >= 15 is 0 Å². The minimum absolute atomic E-state index is 0. The number of thioether (sulfide) groups is 1. The van der Waals surface area contributed by atoms with Crippen LogP contribution in [0.5, 0.6) is 0 Å². The zero-order valence-electron chi connectivity index (χ0n) is 9.93. The van der Waals surface area contributed by atoms with E-state index in [9.17, 15) is 0 Å². The molecule has 2 N–H and O–H groups in total. The number of nitrogens with zero attached hydrogens (tertiary/aromatic N) is 1. The molecule has 2 nitrogen and oxygen atoms in total. The first kappa shape index (κ1) is 21.7. The van der Waals surface area contributed by atoms with Crippen LogP contribution in [0.1, 0.15) is 5.56 Å². The predicted molar refractivity (Wildman–Crippen MR) is 113 cm³/mol. The van der Waals surface area contributed by atoms with Crippen molar-refractivity contribution in [3.05, 3.63) is 40.6 Å². The van der Waals surface area contributed by atoms with Crippen LogP contribution in [0.15, 0.2) is 40.0 Å². The number of benzene rings is 1. The molecule has 0 saturated carbocycles. The van der Waals surface area contributed by atoms with Gasteiger partial charge >= 0.3 is 0 Å². The summed E-state index contributed by atoms with van der Waals surface area (Å²) >= 11 is 19.2. The third-order valence-electron chi connectivity index (χ3n) is 2.04. The second-order valence-corrected chi connectivity index (χ2v) is 8.27. The molecule has 0 unspecified atom stereocenters. The number of amidine groups is 1. The van der Waals surface area contributed by atoms with E-state index < -0.39 is 0 Å². The lowest BCUT2D eigenvalue weighted by Gasteiger charge is -2.13. The third-order valence-corrected chi connectivity index (χ3v) is 9.16. The van der Waals surface area contributed by atoms with Crippen molar-refractivity contribution in [1.82, 2.24) is 0 Å². The predicted octanol–water partition coefficient (Wildman–Crippen LogP) is 6.81. The molecule has 112 valence electrons. The first-order chi connectivity index (χ1) is 8.90. The van der Waals surface area contributed by atoms with Crippen molar-refractivity contribution in [3.8, 4) is 0 Å². The van der Waals surface area contributed by atoms with Crippen molar-refractivity contribution in [3.63, 3.8) is 0 Å². The fraction of sp³-hybridized carbons (Fsp3) is 0.182. The second-order valence-electron chi connectivity index (χ2n) is 3.30. The monoisotopic (exact) mass is 676 g/mol. The number of hydrogen-bond donors (Lipinski definition) is 1. The largest absolute Gasteiger partial charge is 0.379 e. The van der Waals surface area contributed by atoms with Crippen molar-refractivity contribution in [2.45, 2.75) is 5.75 Å². The van der Waals surface area contributed by atoms with E-state index in [0.717, 1.165) is 27.9 Å². The van der Waals surface area contributed by atoms with Gasteiger partial charge in [0, 0.05) is 28.1 Å². The Morgan fingerprint density at radius 2 is 1.50 bits per heavy atom. The molecule has 1 rings (SSSR count). The Morgan fingerprint density at radius 1 is 1.05 bits per heavy atom. The second kappa shape index (κ2) is 10.4. The molecule has 0 atom stereocenters. The molecule has 0 saturated heterocycles. The standard InChI is InChI=1S/C11H9Br5N2S.BrH/c1-2-3-18-11(17)19-4-5-6(12)8(14)10(16)9(15)7(5)13;/h2H,1,3-4H2,(H2,17,18);1H. The van der Waals surface area contributed by atoms with Gasteiger partial charge in [-0.25, -0.2) is 0 Å². The number of nitrogens with two attached hydrogens (primary N) is 1. The van der Waals surface area contributed by atoms with E-state index in [4.69, 9.17) is 5.73 Å². The average Bonchev–Trinajstić information content (AvgIpc) is 2.40. The smallest absolute Gasteiger partial charge is 0.154 e. The number of hydrogen-bond acceptors (Lipinski definition) is 2. The normalized spacial score (nSPS) is 11.2. The summed E-state index contributed by atoms with van der Waals surface area (Å²) in [5.41, 5.74) is 6.92. The summed E-state index contributed by atoms with van der Waals surface area (Å²) in [6.07, 6.45) is 1.71. The van der Waals surface area contributed by atoms with Crippen LogP contribution in [0.3, 0.4) is 0 Å². The molecule has 1 aromatic rings. The van der Waals surface area contributed by atoms with E-state index in [1.807, 2.05) is 0 Å². The number of halogens is 6. The topological polar surface area (TPSA) is 38.4 Å². The van der Waals surface area contributed by atoms with Crippen molar-refractivity contribution in [2.24, 2.45) is 10.7 Å². The van der Waals surface area contributed by atoms with Gasteiger partial charge in [0.15, 0.2) is 5.17 Å². The van der Waals surface area contributed by atoms with Gasteiger partial charge in [-0.1, -0.05) is 17.8 Å². The van der Waals surface area contributed by atoms with Crippen LogP contribution in [0.2, 0.25) is 0 Å². The van der Waals surface area contributed by atoms with Gasteiger partial charge in [0.05, 0.1) is 6.54 Å². The Morgan fingerprint density at radius 3 is 1.95 bits per heavy atom. The van der Waals surface area contributed by atoms with Gasteiger partial charge < -0.3 is 5.73 Å². The highest BCUT2D eigenvalue weighted by Gasteiger charge is 2.17. The average molecular weight is 682 g/mol. The Kier molecular flexibility index (Phi) is 11.3. The van der Waals surface area contributed by atoms with Gasteiger partial charge in [-0.3, -0.25) is 4.99 Å². The zero-order chi connectivity index (χ0) is 14.6. The zero-order valence-corrected chi connectivity index (χ0v) is 20.4. The third kappa shape index (κ3) is 5.70. The van der Waals surface area contributed by atoms with Crippen LogP contribution in [-0.4, -0.2) is 11.7 Å². The van der Waals surface area contributed by atoms with Gasteiger partial charge in [0.1, 0.15) is 0 Å². The molecule has 9 heteroatoms. The molecule has 0 spiro atoms. The maximum absolute atomic E-state index is 5.82. The van der Waals surface area contributed by atoms with Crippen LogP contribution in [0, 0.1) is 0 Å². The Bertz CT molecular complexity index is 503. The Labute approximate surface area is 175 Å². The van der Waals surface area contributed by atoms with E-state index in [1.165, 1.54) is 11.8 Å². The van der Waals surface area contributed by atoms with Crippen LogP contribution in [-0.2, 0) is 5.75 Å². The molecule has 0 aliphatic carbocycles. The molecule has 0 heterocycles. The molecule has 0 aliphatic heterocycles. The quantitative estimate of drug-likeness (QED) is 0.125. The molecular weight excluding hydrogens is 672 g/mol. The van der Waals surface area contributed by atoms with Crippen molar-refractivity contribution in [1.29, 1.82) is 0 Å². The first-order valence-electron chi connectivity index (χ1n) is 4.94. The molecule has 0 bridgehead atoms. The molecule has 0 aromatic heterocycles. The van der Waals surface area contributed by atoms with Gasteiger partial charge in [0.25, 0.3) is 0 Å². The van der Waals surface area contributed by atoms with Gasteiger partial charge in [-0.05, 0) is 85.2 Å². The first-order valence-corrected chi connectivity index (χ1v) is 9.89. The SMILES string of the molecule is Br.C=CCN=C(N)SCc1c(Br)c(Br)c(Br)c(Br)c1Br. The van der Waals surface area contributed by atoms with E-state index in [1.54, 1.807) is 6.08 Å². The maximum Gasteiger partial charge on any atom is 0.154 e. The molecule has 0 aliphatic rings.